The zero-order chi connectivity index (χ0) is 42.5. The summed E-state index contributed by atoms with van der Waals surface area (Å²) in [7, 11) is 2.14. The lowest BCUT2D eigenvalue weighted by Crippen LogP contribution is -2.42. The maximum atomic E-state index is 14.2. The van der Waals surface area contributed by atoms with Crippen molar-refractivity contribution in [3.63, 3.8) is 0 Å². The first-order chi connectivity index (χ1) is 29.6. The lowest BCUT2D eigenvalue weighted by atomic mass is 9.86. The Morgan fingerprint density at radius 2 is 1.74 bits per heavy atom. The number of para-hydroxylation sites is 1. The van der Waals surface area contributed by atoms with Crippen LogP contribution in [0.5, 0.6) is 11.5 Å². The third kappa shape index (κ3) is 9.47. The smallest absolute Gasteiger partial charge is 0.299 e. The van der Waals surface area contributed by atoms with Crippen molar-refractivity contribution in [2.24, 2.45) is 5.92 Å². The molecule has 61 heavy (non-hydrogen) atoms. The number of hydrogen-bond donors (Lipinski definition) is 2. The van der Waals surface area contributed by atoms with Gasteiger partial charge >= 0.3 is 0 Å². The standard InChI is InChI=1S/C44H49F2N9O6/c1-52(19-7-3-2-4-9-29-10-5-6-12-34(29)61-35-13-8-11-31-37(35)43(58)50-44(59)39(31)56)26-28-14-16-30(17-15-28)55-27-33(38(51-55)40(45)46)48-42(57)32-25-47-54-20-18-36(49-41(32)54)53-21-23-60-24-22-53/h5-6,8,10-13,18,20,25,27-28,30,40H,2-4,7,9,14-17,19,21-24,26H2,1H3,(H,48,57)(H,50,58,59)/t28-,30-. The lowest BCUT2D eigenvalue weighted by Gasteiger charge is -2.31. The van der Waals surface area contributed by atoms with E-state index in [0.29, 0.717) is 49.4 Å². The van der Waals surface area contributed by atoms with Gasteiger partial charge in [0.15, 0.2) is 11.3 Å². The van der Waals surface area contributed by atoms with Crippen LogP contribution >= 0.6 is 0 Å². The van der Waals surface area contributed by atoms with Crippen LogP contribution in [0.15, 0.2) is 67.1 Å². The molecule has 1 saturated carbocycles. The van der Waals surface area contributed by atoms with Crippen LogP contribution in [-0.4, -0.2) is 99.2 Å². The van der Waals surface area contributed by atoms with Crippen molar-refractivity contribution in [1.29, 1.82) is 0 Å². The third-order valence-electron chi connectivity index (χ3n) is 11.8. The van der Waals surface area contributed by atoms with Gasteiger partial charge in [0.1, 0.15) is 22.9 Å². The quantitative estimate of drug-likeness (QED) is 0.0620. The Morgan fingerprint density at radius 1 is 0.967 bits per heavy atom. The number of morpholine rings is 1. The van der Waals surface area contributed by atoms with Crippen LogP contribution in [0.1, 0.15) is 106 Å². The molecule has 8 rings (SSSR count). The van der Waals surface area contributed by atoms with E-state index in [4.69, 9.17) is 9.47 Å². The molecule has 3 aliphatic rings. The van der Waals surface area contributed by atoms with Crippen LogP contribution < -0.4 is 20.3 Å². The minimum Gasteiger partial charge on any atom is -0.456 e. The van der Waals surface area contributed by atoms with E-state index in [2.05, 4.69) is 42.7 Å². The van der Waals surface area contributed by atoms with Crippen molar-refractivity contribution in [3.05, 3.63) is 95.1 Å². The Kier molecular flexibility index (Phi) is 12.8. The number of aromatic nitrogens is 5. The zero-order valence-corrected chi connectivity index (χ0v) is 34.0. The number of benzene rings is 2. The molecule has 5 aromatic rings. The molecule has 3 amide bonds. The molecule has 2 aromatic carbocycles. The molecular weight excluding hydrogens is 789 g/mol. The number of fused-ring (bicyclic) bond motifs is 2. The molecule has 0 spiro atoms. The molecule has 17 heteroatoms. The van der Waals surface area contributed by atoms with Gasteiger partial charge in [-0.3, -0.25) is 29.2 Å². The Bertz CT molecular complexity index is 2400. The van der Waals surface area contributed by atoms with Gasteiger partial charge in [0.05, 0.1) is 36.7 Å². The number of ether oxygens (including phenoxy) is 2. The SMILES string of the molecule is CN(CCCCCCc1ccccc1Oc1cccc2c1C(=O)NC(=O)C2=O)C[C@H]1CC[C@H](n2cc(NC(=O)c3cnn4ccc(N5CCOCC5)nc34)c(C(F)F)n2)CC1. The number of anilines is 2. The summed E-state index contributed by atoms with van der Waals surface area (Å²) in [6.07, 6.45) is 10.2. The predicted octanol–water partition coefficient (Wildman–Crippen LogP) is 6.66. The molecule has 2 fully saturated rings. The first-order valence-corrected chi connectivity index (χ1v) is 21.0. The molecule has 3 aromatic heterocycles. The minimum atomic E-state index is -2.86. The number of alkyl halides is 2. The van der Waals surface area contributed by atoms with E-state index in [1.54, 1.807) is 23.0 Å². The number of carbonyl (C=O) groups is 4. The molecule has 0 atom stereocenters. The Hall–Kier alpha value is -6.07. The second kappa shape index (κ2) is 18.7. The first kappa shape index (κ1) is 41.7. The molecule has 320 valence electrons. The fraction of sp³-hybridized carbons (Fsp3) is 0.432. The number of hydrogen-bond acceptors (Lipinski definition) is 11. The second-order valence-corrected chi connectivity index (χ2v) is 16.0. The fourth-order valence-corrected chi connectivity index (χ4v) is 8.52. The lowest BCUT2D eigenvalue weighted by molar-refractivity contribution is -0.116. The topological polar surface area (TPSA) is 165 Å². The molecule has 0 bridgehead atoms. The normalized spacial score (nSPS) is 18.2. The van der Waals surface area contributed by atoms with Gasteiger partial charge in [-0.1, -0.05) is 37.1 Å². The summed E-state index contributed by atoms with van der Waals surface area (Å²) in [5.41, 5.74) is 1.15. The third-order valence-corrected chi connectivity index (χ3v) is 11.8. The summed E-state index contributed by atoms with van der Waals surface area (Å²) in [6, 6.07) is 14.1. The number of unbranched alkanes of at least 4 members (excludes halogenated alkanes) is 3. The van der Waals surface area contributed by atoms with Crippen LogP contribution in [0, 0.1) is 5.92 Å². The monoisotopic (exact) mass is 837 g/mol. The van der Waals surface area contributed by atoms with E-state index in [1.807, 2.05) is 30.3 Å². The molecular formula is C44H49F2N9O6. The number of aryl methyl sites for hydroxylation is 1. The zero-order valence-electron chi connectivity index (χ0n) is 34.0. The van der Waals surface area contributed by atoms with Crippen LogP contribution in [0.2, 0.25) is 0 Å². The number of halogens is 2. The molecule has 0 radical (unpaired) electrons. The first-order valence-electron chi connectivity index (χ1n) is 21.0. The van der Waals surface area contributed by atoms with Gasteiger partial charge in [-0.15, -0.1) is 0 Å². The van der Waals surface area contributed by atoms with Gasteiger partial charge < -0.3 is 24.6 Å². The Balaban J connectivity index is 0.775. The molecule has 2 aliphatic heterocycles. The number of Topliss-reactive ketones (excluding diaryl/α,β-unsaturated/α-hetero) is 1. The van der Waals surface area contributed by atoms with Crippen molar-refractivity contribution in [2.45, 2.75) is 70.3 Å². The van der Waals surface area contributed by atoms with Crippen molar-refractivity contribution in [2.75, 3.05) is 56.7 Å². The van der Waals surface area contributed by atoms with Crippen LogP contribution in [-0.2, 0) is 16.0 Å². The highest BCUT2D eigenvalue weighted by atomic mass is 19.3. The van der Waals surface area contributed by atoms with Crippen molar-refractivity contribution >= 4 is 40.7 Å². The Morgan fingerprint density at radius 3 is 2.54 bits per heavy atom. The van der Waals surface area contributed by atoms with Crippen LogP contribution in [0.4, 0.5) is 20.3 Å². The number of amides is 3. The van der Waals surface area contributed by atoms with Gasteiger partial charge in [-0.25, -0.2) is 18.3 Å². The summed E-state index contributed by atoms with van der Waals surface area (Å²) in [6.45, 7) is 4.45. The average Bonchev–Trinajstić information content (AvgIpc) is 3.90. The second-order valence-electron chi connectivity index (χ2n) is 16.0. The van der Waals surface area contributed by atoms with E-state index in [9.17, 15) is 28.0 Å². The van der Waals surface area contributed by atoms with Gasteiger partial charge in [0, 0.05) is 37.6 Å². The highest BCUT2D eigenvalue weighted by Crippen LogP contribution is 2.36. The molecule has 0 unspecified atom stereocenters. The number of imide groups is 1. The highest BCUT2D eigenvalue weighted by molar-refractivity contribution is 6.49. The number of nitrogens with zero attached hydrogens (tertiary/aromatic N) is 7. The highest BCUT2D eigenvalue weighted by Gasteiger charge is 2.33. The summed E-state index contributed by atoms with van der Waals surface area (Å²) in [4.78, 5) is 59.3. The maximum Gasteiger partial charge on any atom is 0.299 e. The molecule has 1 aliphatic carbocycles. The van der Waals surface area contributed by atoms with Crippen molar-refractivity contribution in [1.82, 2.24) is 34.6 Å². The number of carbonyl (C=O) groups excluding carboxylic acids is 4. The van der Waals surface area contributed by atoms with E-state index in [0.717, 1.165) is 76.4 Å². The average molecular weight is 838 g/mol. The van der Waals surface area contributed by atoms with E-state index < -0.39 is 35.6 Å². The molecule has 1 saturated heterocycles. The van der Waals surface area contributed by atoms with Crippen LogP contribution in [0.3, 0.4) is 0 Å². The van der Waals surface area contributed by atoms with Crippen molar-refractivity contribution in [3.8, 4) is 11.5 Å². The van der Waals surface area contributed by atoms with Gasteiger partial charge in [0.2, 0.25) is 0 Å². The number of ketones is 1. The fourth-order valence-electron chi connectivity index (χ4n) is 8.52. The Labute approximate surface area is 351 Å². The minimum absolute atomic E-state index is 0.0117. The van der Waals surface area contributed by atoms with E-state index in [1.165, 1.54) is 23.0 Å². The number of nitrogens with one attached hydrogen (secondary N) is 2. The molecule has 5 heterocycles. The largest absolute Gasteiger partial charge is 0.456 e. The number of rotatable bonds is 16. The van der Waals surface area contributed by atoms with Crippen LogP contribution in [0.25, 0.3) is 5.65 Å². The van der Waals surface area contributed by atoms with Gasteiger partial charge in [-0.2, -0.15) is 10.2 Å². The maximum absolute atomic E-state index is 14.2. The summed E-state index contributed by atoms with van der Waals surface area (Å²) in [5, 5.41) is 13.3. The van der Waals surface area contributed by atoms with Gasteiger partial charge in [-0.05, 0) is 94.3 Å². The summed E-state index contributed by atoms with van der Waals surface area (Å²) >= 11 is 0. The summed E-state index contributed by atoms with van der Waals surface area (Å²) < 4.78 is 43.1. The van der Waals surface area contributed by atoms with E-state index in [-0.39, 0.29) is 34.2 Å². The summed E-state index contributed by atoms with van der Waals surface area (Å²) in [5.74, 6) is -0.914. The van der Waals surface area contributed by atoms with E-state index >= 15 is 0 Å². The molecule has 15 nitrogen and oxygen atoms in total. The van der Waals surface area contributed by atoms with Gasteiger partial charge in [0.25, 0.3) is 29.9 Å². The van der Waals surface area contributed by atoms with Crippen molar-refractivity contribution < 1.29 is 37.4 Å². The molecule has 2 N–H and O–H groups in total. The predicted molar refractivity (Wildman–Crippen MR) is 222 cm³/mol.